The smallest absolute Gasteiger partial charge is 0.310 e. The van der Waals surface area contributed by atoms with Crippen molar-refractivity contribution in [1.82, 2.24) is 8.75 Å². The highest BCUT2D eigenvalue weighted by atomic mass is 32.1. The number of ether oxygens (including phenoxy) is 2. The van der Waals surface area contributed by atoms with Crippen LogP contribution in [0.2, 0.25) is 0 Å². The number of aromatic nitrogens is 2. The molecule has 2 unspecified atom stereocenters. The van der Waals surface area contributed by atoms with Crippen LogP contribution in [0.15, 0.2) is 6.08 Å². The summed E-state index contributed by atoms with van der Waals surface area (Å²) in [5.41, 5.74) is 2.08. The molecular weight excluding hydrogens is 526 g/mol. The van der Waals surface area contributed by atoms with E-state index in [1.807, 2.05) is 0 Å². The maximum atomic E-state index is 12.8. The highest BCUT2D eigenvalue weighted by Gasteiger charge is 2.48. The zero-order valence-corrected chi connectivity index (χ0v) is 26.1. The minimum atomic E-state index is -0.500. The number of quaternary nitrogens is 1. The molecule has 2 atom stereocenters. The Morgan fingerprint density at radius 1 is 1.02 bits per heavy atom. The molecule has 0 spiro atoms. The van der Waals surface area contributed by atoms with E-state index in [2.05, 4.69) is 35.7 Å². The third-order valence-corrected chi connectivity index (χ3v) is 8.45. The summed E-state index contributed by atoms with van der Waals surface area (Å²) >= 11 is 1.23. The Balaban J connectivity index is 0.00000178. The van der Waals surface area contributed by atoms with E-state index in [4.69, 9.17) is 19.4 Å². The van der Waals surface area contributed by atoms with E-state index in [0.717, 1.165) is 61.8 Å². The van der Waals surface area contributed by atoms with Gasteiger partial charge in [-0.25, -0.2) is 0 Å². The van der Waals surface area contributed by atoms with Crippen LogP contribution in [-0.2, 0) is 14.3 Å². The highest BCUT2D eigenvalue weighted by Crippen LogP contribution is 2.41. The van der Waals surface area contributed by atoms with Gasteiger partial charge in [-0.15, -0.1) is 4.37 Å². The summed E-state index contributed by atoms with van der Waals surface area (Å²) in [7, 11) is 2.26. The molecule has 1 aliphatic heterocycles. The number of carboxylic acid groups (broad SMARTS) is 1. The number of rotatable bonds is 20. The third-order valence-electron chi connectivity index (χ3n) is 7.94. The van der Waals surface area contributed by atoms with E-state index < -0.39 is 6.47 Å². The van der Waals surface area contributed by atoms with Crippen molar-refractivity contribution in [3.63, 3.8) is 0 Å². The molecular formula is C31H53N3O5S. The van der Waals surface area contributed by atoms with Gasteiger partial charge in [0, 0.05) is 30.8 Å². The van der Waals surface area contributed by atoms with Gasteiger partial charge < -0.3 is 19.4 Å². The van der Waals surface area contributed by atoms with Gasteiger partial charge in [-0.1, -0.05) is 90.6 Å². The minimum absolute atomic E-state index is 0.0123. The van der Waals surface area contributed by atoms with Crippen LogP contribution in [-0.4, -0.2) is 58.6 Å². The lowest BCUT2D eigenvalue weighted by Gasteiger charge is -2.43. The maximum absolute atomic E-state index is 12.8. The molecule has 1 fully saturated rings. The Morgan fingerprint density at radius 3 is 2.25 bits per heavy atom. The Bertz CT molecular complexity index is 873. The molecule has 0 aromatic carbocycles. The lowest BCUT2D eigenvalue weighted by molar-refractivity contribution is -0.949. The second kappa shape index (κ2) is 20.0. The van der Waals surface area contributed by atoms with Crippen LogP contribution in [0.25, 0.3) is 5.57 Å². The lowest BCUT2D eigenvalue weighted by Crippen LogP contribution is -2.57. The first kappa shape index (κ1) is 34.2. The summed E-state index contributed by atoms with van der Waals surface area (Å²) in [6, 6.07) is 0. The predicted molar refractivity (Wildman–Crippen MR) is 159 cm³/mol. The van der Waals surface area contributed by atoms with Gasteiger partial charge >= 0.3 is 5.97 Å². The van der Waals surface area contributed by atoms with Gasteiger partial charge in [0.1, 0.15) is 12.2 Å². The summed E-state index contributed by atoms with van der Waals surface area (Å²) < 4.78 is 22.1. The molecule has 0 radical (unpaired) electrons. The van der Waals surface area contributed by atoms with Crippen LogP contribution in [0.1, 0.15) is 129 Å². The molecule has 1 aromatic heterocycles. The average Bonchev–Trinajstić information content (AvgIpc) is 3.67. The molecule has 1 saturated carbocycles. The molecule has 1 aliphatic carbocycles. The second-order valence-corrected chi connectivity index (χ2v) is 12.1. The quantitative estimate of drug-likeness (QED) is 0.0773. The first-order valence-corrected chi connectivity index (χ1v) is 16.5. The fraction of sp³-hybridized carbons (Fsp3) is 0.806. The summed E-state index contributed by atoms with van der Waals surface area (Å²) in [5.74, 6) is 1.15. The molecule has 9 heteroatoms. The first-order chi connectivity index (χ1) is 19.5. The number of hydrogen-bond donors (Lipinski definition) is 0. The number of carbonyl (C=O) groups is 2. The summed E-state index contributed by atoms with van der Waals surface area (Å²) in [6.07, 6.45) is 22.1. The molecule has 2 heterocycles. The van der Waals surface area contributed by atoms with E-state index in [0.29, 0.717) is 24.8 Å². The molecule has 8 nitrogen and oxygen atoms in total. The lowest BCUT2D eigenvalue weighted by atomic mass is 10.0. The van der Waals surface area contributed by atoms with Crippen molar-refractivity contribution in [2.24, 2.45) is 5.92 Å². The van der Waals surface area contributed by atoms with E-state index in [1.54, 1.807) is 0 Å². The molecule has 0 amide bonds. The fourth-order valence-corrected chi connectivity index (χ4v) is 6.04. The zero-order valence-electron chi connectivity index (χ0n) is 25.2. The number of likely N-dealkylation sites (N-methyl/N-ethyl adjacent to an activating group) is 1. The van der Waals surface area contributed by atoms with Gasteiger partial charge in [0.15, 0.2) is 0 Å². The van der Waals surface area contributed by atoms with Crippen LogP contribution in [0, 0.1) is 5.92 Å². The zero-order chi connectivity index (χ0) is 29.1. The fourth-order valence-electron chi connectivity index (χ4n) is 5.51. The summed E-state index contributed by atoms with van der Waals surface area (Å²) in [4.78, 5) is 21.1. The standard InChI is InChI=1S/C30H52N3O3S.CH2O2/c1-4-6-8-10-11-12-13-14-15-19-27(34)36-30(25-20-21-25)33(3)22-17-18-26(24-33)28-29(32-37-31-28)35-23-16-9-7-5-2;2-1-3/h18,25,30H,4-17,19-24H2,1-3H3;1H,(H,2,3)/q+1;/p-1. The van der Waals surface area contributed by atoms with Crippen LogP contribution in [0.5, 0.6) is 5.88 Å². The van der Waals surface area contributed by atoms with Gasteiger partial charge in [0.05, 0.1) is 31.9 Å². The Kier molecular flexibility index (Phi) is 17.1. The second-order valence-electron chi connectivity index (χ2n) is 11.6. The molecule has 2 aliphatic rings. The number of carbonyl (C=O) groups excluding carboxylic acids is 2. The molecule has 0 N–H and O–H groups in total. The van der Waals surface area contributed by atoms with E-state index >= 15 is 0 Å². The number of hydrogen-bond acceptors (Lipinski definition) is 8. The summed E-state index contributed by atoms with van der Waals surface area (Å²) in [6.45, 7) is 6.47. The largest absolute Gasteiger partial charge is 0.554 e. The Labute approximate surface area is 246 Å². The number of nitrogens with zero attached hydrogens (tertiary/aromatic N) is 3. The van der Waals surface area contributed by atoms with Crippen LogP contribution >= 0.6 is 11.7 Å². The molecule has 0 bridgehead atoms. The van der Waals surface area contributed by atoms with Gasteiger partial charge in [-0.2, -0.15) is 4.37 Å². The van der Waals surface area contributed by atoms with Crippen molar-refractivity contribution >= 4 is 29.7 Å². The third kappa shape index (κ3) is 12.7. The summed E-state index contributed by atoms with van der Waals surface area (Å²) in [5, 5.41) is 8.25. The van der Waals surface area contributed by atoms with Gasteiger partial charge in [-0.3, -0.25) is 9.28 Å². The van der Waals surface area contributed by atoms with Gasteiger partial charge in [-0.05, 0) is 25.7 Å². The normalized spacial score (nSPS) is 19.2. The van der Waals surface area contributed by atoms with E-state index in [1.165, 1.54) is 81.5 Å². The molecule has 40 heavy (non-hydrogen) atoms. The van der Waals surface area contributed by atoms with Crippen LogP contribution in [0.3, 0.4) is 0 Å². The van der Waals surface area contributed by atoms with Crippen molar-refractivity contribution in [3.8, 4) is 5.88 Å². The molecule has 228 valence electrons. The Hall–Kier alpha value is -2.00. The molecule has 3 rings (SSSR count). The topological polar surface area (TPSA) is 101 Å². The Morgan fingerprint density at radius 2 is 1.62 bits per heavy atom. The first-order valence-electron chi connectivity index (χ1n) is 15.7. The van der Waals surface area contributed by atoms with Crippen molar-refractivity contribution in [1.29, 1.82) is 0 Å². The monoisotopic (exact) mass is 579 g/mol. The van der Waals surface area contributed by atoms with Crippen molar-refractivity contribution in [2.75, 3.05) is 26.7 Å². The van der Waals surface area contributed by atoms with Crippen LogP contribution in [0.4, 0.5) is 0 Å². The molecule has 0 saturated heterocycles. The predicted octanol–water partition coefficient (Wildman–Crippen LogP) is 6.30. The SMILES string of the molecule is CCCCCCCCCCCC(=O)OC(C1CC1)[N+]1(C)CCC=C(c2nsnc2OCCCCCC)C1.O=C[O-]. The van der Waals surface area contributed by atoms with Gasteiger partial charge in [0.2, 0.25) is 6.23 Å². The highest BCUT2D eigenvalue weighted by molar-refractivity contribution is 6.99. The average molecular weight is 580 g/mol. The maximum Gasteiger partial charge on any atom is 0.310 e. The van der Waals surface area contributed by atoms with Crippen molar-refractivity contribution < 1.29 is 28.7 Å². The number of esters is 1. The van der Waals surface area contributed by atoms with Crippen molar-refractivity contribution in [3.05, 3.63) is 11.8 Å². The van der Waals surface area contributed by atoms with Crippen molar-refractivity contribution in [2.45, 2.75) is 129 Å². The minimum Gasteiger partial charge on any atom is -0.554 e. The molecule has 1 aromatic rings. The van der Waals surface area contributed by atoms with E-state index in [-0.39, 0.29) is 12.2 Å². The van der Waals surface area contributed by atoms with E-state index in [9.17, 15) is 4.79 Å². The van der Waals surface area contributed by atoms with Gasteiger partial charge in [0.25, 0.3) is 5.88 Å². The van der Waals surface area contributed by atoms with Crippen LogP contribution < -0.4 is 9.84 Å². The number of unbranched alkanes of at least 4 members (excludes halogenated alkanes) is 11.